The van der Waals surface area contributed by atoms with E-state index in [0.29, 0.717) is 18.8 Å². The smallest absolute Gasteiger partial charge is 0.137 e. The zero-order valence-corrected chi connectivity index (χ0v) is 10.9. The van der Waals surface area contributed by atoms with Gasteiger partial charge in [-0.1, -0.05) is 36.4 Å². The Morgan fingerprint density at radius 2 is 1.84 bits per heavy atom. The number of benzene rings is 1. The predicted octanol–water partition coefficient (Wildman–Crippen LogP) is 2.91. The van der Waals surface area contributed by atoms with Gasteiger partial charge in [-0.3, -0.25) is 0 Å². The molecular weight excluding hydrogens is 236 g/mol. The third kappa shape index (κ3) is 2.83. The summed E-state index contributed by atoms with van der Waals surface area (Å²) in [5.41, 5.74) is 0.673. The van der Waals surface area contributed by atoms with E-state index in [9.17, 15) is 5.11 Å². The van der Waals surface area contributed by atoms with Crippen LogP contribution in [0.15, 0.2) is 55.6 Å². The fourth-order valence-electron chi connectivity index (χ4n) is 2.12. The molecule has 0 unspecified atom stereocenters. The Balaban J connectivity index is 2.60. The van der Waals surface area contributed by atoms with Crippen LogP contribution in [0.2, 0.25) is 0 Å². The summed E-state index contributed by atoms with van der Waals surface area (Å²) in [7, 11) is 0. The molecule has 0 aliphatic heterocycles. The Kier molecular flexibility index (Phi) is 4.31. The van der Waals surface area contributed by atoms with Gasteiger partial charge in [-0.25, -0.2) is 4.98 Å². The van der Waals surface area contributed by atoms with Crippen molar-refractivity contribution in [3.05, 3.63) is 61.3 Å². The van der Waals surface area contributed by atoms with Crippen LogP contribution in [0.25, 0.3) is 10.8 Å². The maximum Gasteiger partial charge on any atom is 0.137 e. The summed E-state index contributed by atoms with van der Waals surface area (Å²) in [6.45, 7) is 8.88. The fraction of sp³-hybridized carbons (Fsp3) is 0.188. The van der Waals surface area contributed by atoms with Crippen molar-refractivity contribution in [2.75, 3.05) is 18.0 Å². The molecule has 98 valence electrons. The normalized spacial score (nSPS) is 10.4. The number of aliphatic hydroxyl groups excluding tert-OH is 1. The molecule has 3 heteroatoms. The van der Waals surface area contributed by atoms with E-state index in [1.54, 1.807) is 0 Å². The Morgan fingerprint density at radius 3 is 2.47 bits per heavy atom. The van der Waals surface area contributed by atoms with Gasteiger partial charge in [-0.05, 0) is 11.5 Å². The highest BCUT2D eigenvalue weighted by Crippen LogP contribution is 2.25. The zero-order valence-electron chi connectivity index (χ0n) is 10.9. The van der Waals surface area contributed by atoms with Crippen molar-refractivity contribution < 1.29 is 5.11 Å². The first kappa shape index (κ1) is 13.3. The molecule has 0 aliphatic rings. The van der Waals surface area contributed by atoms with Crippen LogP contribution < -0.4 is 4.90 Å². The first-order valence-corrected chi connectivity index (χ1v) is 6.26. The molecule has 1 aromatic heterocycles. The summed E-state index contributed by atoms with van der Waals surface area (Å²) in [6.07, 6.45) is 3.68. The molecule has 1 aromatic carbocycles. The van der Waals surface area contributed by atoms with Gasteiger partial charge in [0.15, 0.2) is 0 Å². The second kappa shape index (κ2) is 6.16. The second-order valence-corrected chi connectivity index (χ2v) is 4.30. The summed E-state index contributed by atoms with van der Waals surface area (Å²) in [4.78, 5) is 6.62. The van der Waals surface area contributed by atoms with Gasteiger partial charge in [-0.15, -0.1) is 13.2 Å². The summed E-state index contributed by atoms with van der Waals surface area (Å²) in [5.74, 6) is 0.863. The first-order valence-electron chi connectivity index (χ1n) is 6.26. The molecule has 0 fully saturated rings. The maximum absolute atomic E-state index is 9.34. The molecule has 1 N–H and O–H groups in total. The van der Waals surface area contributed by atoms with E-state index in [4.69, 9.17) is 0 Å². The molecule has 0 bridgehead atoms. The fourth-order valence-corrected chi connectivity index (χ4v) is 2.12. The minimum absolute atomic E-state index is 0.0617. The van der Waals surface area contributed by atoms with Gasteiger partial charge in [0, 0.05) is 18.5 Å². The highest BCUT2D eigenvalue weighted by Gasteiger charge is 2.11. The van der Waals surface area contributed by atoms with Crippen LogP contribution in [-0.2, 0) is 6.61 Å². The Hall–Kier alpha value is -2.13. The van der Waals surface area contributed by atoms with E-state index in [1.165, 1.54) is 0 Å². The Morgan fingerprint density at radius 1 is 1.16 bits per heavy atom. The lowest BCUT2D eigenvalue weighted by atomic mass is 10.1. The highest BCUT2D eigenvalue weighted by atomic mass is 16.3. The molecular formula is C16H18N2O. The van der Waals surface area contributed by atoms with Gasteiger partial charge < -0.3 is 10.0 Å². The number of anilines is 1. The SMILES string of the molecule is C=CCN(CC=C)c1nc(CO)cc2ccccc12. The van der Waals surface area contributed by atoms with Gasteiger partial charge in [0.2, 0.25) is 0 Å². The highest BCUT2D eigenvalue weighted by molar-refractivity contribution is 5.92. The van der Waals surface area contributed by atoms with Crippen LogP contribution in [0.1, 0.15) is 5.69 Å². The second-order valence-electron chi connectivity index (χ2n) is 4.30. The van der Waals surface area contributed by atoms with E-state index >= 15 is 0 Å². The quantitative estimate of drug-likeness (QED) is 0.805. The van der Waals surface area contributed by atoms with Crippen molar-refractivity contribution >= 4 is 16.6 Å². The summed E-state index contributed by atoms with van der Waals surface area (Å²) in [6, 6.07) is 9.96. The molecule has 0 amide bonds. The lowest BCUT2D eigenvalue weighted by Crippen LogP contribution is -2.24. The van der Waals surface area contributed by atoms with Gasteiger partial charge >= 0.3 is 0 Å². The number of aliphatic hydroxyl groups is 1. The monoisotopic (exact) mass is 254 g/mol. The van der Waals surface area contributed by atoms with Gasteiger partial charge in [0.1, 0.15) is 5.82 Å². The molecule has 0 saturated carbocycles. The van der Waals surface area contributed by atoms with E-state index in [-0.39, 0.29) is 6.61 Å². The number of nitrogens with zero attached hydrogens (tertiary/aromatic N) is 2. The van der Waals surface area contributed by atoms with E-state index in [0.717, 1.165) is 16.6 Å². The van der Waals surface area contributed by atoms with Crippen molar-refractivity contribution in [1.82, 2.24) is 4.98 Å². The number of hydrogen-bond donors (Lipinski definition) is 1. The molecule has 0 aliphatic carbocycles. The molecule has 19 heavy (non-hydrogen) atoms. The average molecular weight is 254 g/mol. The van der Waals surface area contributed by atoms with Gasteiger partial charge in [-0.2, -0.15) is 0 Å². The number of hydrogen-bond acceptors (Lipinski definition) is 3. The molecule has 3 nitrogen and oxygen atoms in total. The third-order valence-corrected chi connectivity index (χ3v) is 2.93. The minimum atomic E-state index is -0.0617. The first-order chi connectivity index (χ1) is 9.30. The molecule has 2 aromatic rings. The lowest BCUT2D eigenvalue weighted by Gasteiger charge is -2.22. The molecule has 0 spiro atoms. The van der Waals surface area contributed by atoms with Crippen LogP contribution in [0.4, 0.5) is 5.82 Å². The molecule has 2 rings (SSSR count). The van der Waals surface area contributed by atoms with E-state index in [2.05, 4.69) is 23.0 Å². The van der Waals surface area contributed by atoms with Crippen LogP contribution >= 0.6 is 0 Å². The number of pyridine rings is 1. The van der Waals surface area contributed by atoms with Gasteiger partial charge in [0.05, 0.1) is 12.3 Å². The summed E-state index contributed by atoms with van der Waals surface area (Å²) < 4.78 is 0. The Labute approximate surface area is 113 Å². The van der Waals surface area contributed by atoms with E-state index < -0.39 is 0 Å². The van der Waals surface area contributed by atoms with Gasteiger partial charge in [0.25, 0.3) is 0 Å². The minimum Gasteiger partial charge on any atom is -0.390 e. The topological polar surface area (TPSA) is 36.4 Å². The molecule has 1 heterocycles. The largest absolute Gasteiger partial charge is 0.390 e. The van der Waals surface area contributed by atoms with Crippen LogP contribution in [0.5, 0.6) is 0 Å². The maximum atomic E-state index is 9.34. The molecule has 0 atom stereocenters. The number of fused-ring (bicyclic) bond motifs is 1. The van der Waals surface area contributed by atoms with Crippen molar-refractivity contribution in [1.29, 1.82) is 0 Å². The predicted molar refractivity (Wildman–Crippen MR) is 80.3 cm³/mol. The van der Waals surface area contributed by atoms with Crippen molar-refractivity contribution in [3.63, 3.8) is 0 Å². The standard InChI is InChI=1S/C16H18N2O/c1-3-9-18(10-4-2)16-15-8-6-5-7-13(15)11-14(12-19)17-16/h3-8,11,19H,1-2,9-10,12H2. The zero-order chi connectivity index (χ0) is 13.7. The summed E-state index contributed by atoms with van der Waals surface area (Å²) >= 11 is 0. The van der Waals surface area contributed by atoms with Crippen molar-refractivity contribution in [2.45, 2.75) is 6.61 Å². The van der Waals surface area contributed by atoms with Crippen LogP contribution in [-0.4, -0.2) is 23.2 Å². The number of aromatic nitrogens is 1. The summed E-state index contributed by atoms with van der Waals surface area (Å²) in [5, 5.41) is 11.5. The lowest BCUT2D eigenvalue weighted by molar-refractivity contribution is 0.277. The van der Waals surface area contributed by atoms with Crippen LogP contribution in [0.3, 0.4) is 0 Å². The van der Waals surface area contributed by atoms with Crippen molar-refractivity contribution in [3.8, 4) is 0 Å². The third-order valence-electron chi connectivity index (χ3n) is 2.93. The number of rotatable bonds is 6. The Bertz CT molecular complexity index is 582. The van der Waals surface area contributed by atoms with Crippen molar-refractivity contribution in [2.24, 2.45) is 0 Å². The average Bonchev–Trinajstić information content (AvgIpc) is 2.46. The molecule has 0 saturated heterocycles. The van der Waals surface area contributed by atoms with Crippen LogP contribution in [0, 0.1) is 0 Å². The van der Waals surface area contributed by atoms with E-state index in [1.807, 2.05) is 42.5 Å². The molecule has 0 radical (unpaired) electrons.